The lowest BCUT2D eigenvalue weighted by Gasteiger charge is -2.12. The zero-order valence-electron chi connectivity index (χ0n) is 12.0. The van der Waals surface area contributed by atoms with E-state index in [0.29, 0.717) is 6.42 Å². The second-order valence-corrected chi connectivity index (χ2v) is 6.96. The van der Waals surface area contributed by atoms with Crippen LogP contribution in [-0.2, 0) is 15.3 Å². The summed E-state index contributed by atoms with van der Waals surface area (Å²) in [6.45, 7) is 3.09. The van der Waals surface area contributed by atoms with Crippen LogP contribution in [0, 0.1) is 5.41 Å². The maximum Gasteiger partial charge on any atom is 0.306 e. The summed E-state index contributed by atoms with van der Waals surface area (Å²) in [6.07, 6.45) is 3.90. The van der Waals surface area contributed by atoms with Gasteiger partial charge >= 0.3 is 5.97 Å². The molecule has 1 aromatic rings. The number of carbonyl (C=O) groups is 1. The summed E-state index contributed by atoms with van der Waals surface area (Å²) in [4.78, 5) is 11.4. The molecule has 1 fully saturated rings. The number of ether oxygens (including phenoxy) is 1. The molecule has 1 heterocycles. The van der Waals surface area contributed by atoms with Gasteiger partial charge in [0, 0.05) is 23.8 Å². The molecule has 0 bridgehead atoms. The third kappa shape index (κ3) is 4.34. The van der Waals surface area contributed by atoms with E-state index in [4.69, 9.17) is 4.74 Å². The fraction of sp³-hybridized carbons (Fsp3) is 0.769. The number of thioether (sulfide) groups is 1. The number of nitrogens with zero attached hydrogens (tertiary/aromatic N) is 2. The molecular weight excluding hydrogens is 294 g/mol. The fourth-order valence-corrected chi connectivity index (χ4v) is 3.99. The highest BCUT2D eigenvalue weighted by atomic mass is 32.2. The SMILES string of the molecule is CCCNc1snnc1CSCC1(CC(=O)OC)CC1. The smallest absolute Gasteiger partial charge is 0.306 e. The Labute approximate surface area is 128 Å². The van der Waals surface area contributed by atoms with Crippen molar-refractivity contribution < 1.29 is 9.53 Å². The molecule has 0 unspecified atom stereocenters. The minimum Gasteiger partial charge on any atom is -0.469 e. The van der Waals surface area contributed by atoms with Crippen molar-refractivity contribution in [1.29, 1.82) is 0 Å². The average molecular weight is 315 g/mol. The highest BCUT2D eigenvalue weighted by Crippen LogP contribution is 2.51. The minimum atomic E-state index is -0.0938. The Morgan fingerprint density at radius 3 is 3.00 bits per heavy atom. The van der Waals surface area contributed by atoms with Crippen molar-refractivity contribution in [1.82, 2.24) is 9.59 Å². The van der Waals surface area contributed by atoms with Crippen LogP contribution < -0.4 is 5.32 Å². The number of hydrogen-bond donors (Lipinski definition) is 1. The average Bonchev–Trinajstić information content (AvgIpc) is 3.06. The highest BCUT2D eigenvalue weighted by molar-refractivity contribution is 7.98. The second kappa shape index (κ2) is 7.26. The normalized spacial score (nSPS) is 15.9. The molecule has 1 aliphatic carbocycles. The van der Waals surface area contributed by atoms with Gasteiger partial charge in [0.15, 0.2) is 0 Å². The van der Waals surface area contributed by atoms with Crippen molar-refractivity contribution >= 4 is 34.3 Å². The number of methoxy groups -OCH3 is 1. The van der Waals surface area contributed by atoms with Crippen LogP contribution in [0.25, 0.3) is 0 Å². The van der Waals surface area contributed by atoms with E-state index in [1.807, 2.05) is 11.8 Å². The van der Waals surface area contributed by atoms with Crippen LogP contribution in [0.3, 0.4) is 0 Å². The van der Waals surface area contributed by atoms with Crippen LogP contribution in [0.4, 0.5) is 5.00 Å². The van der Waals surface area contributed by atoms with Gasteiger partial charge in [0.2, 0.25) is 0 Å². The van der Waals surface area contributed by atoms with Crippen LogP contribution >= 0.6 is 23.3 Å². The number of carbonyl (C=O) groups excluding carboxylic acids is 1. The third-order valence-corrected chi connectivity index (χ3v) is 5.46. The monoisotopic (exact) mass is 315 g/mol. The van der Waals surface area contributed by atoms with Gasteiger partial charge in [-0.3, -0.25) is 4.79 Å². The molecule has 0 saturated heterocycles. The van der Waals surface area contributed by atoms with Crippen LogP contribution in [0.2, 0.25) is 0 Å². The molecule has 0 atom stereocenters. The van der Waals surface area contributed by atoms with Gasteiger partial charge in [-0.25, -0.2) is 0 Å². The molecule has 1 aliphatic rings. The van der Waals surface area contributed by atoms with E-state index in [1.54, 1.807) is 0 Å². The van der Waals surface area contributed by atoms with Gasteiger partial charge < -0.3 is 10.1 Å². The maximum absolute atomic E-state index is 11.4. The van der Waals surface area contributed by atoms with Gasteiger partial charge in [0.25, 0.3) is 0 Å². The summed E-state index contributed by atoms with van der Waals surface area (Å²) in [5.41, 5.74) is 1.21. The zero-order valence-corrected chi connectivity index (χ0v) is 13.6. The predicted molar refractivity (Wildman–Crippen MR) is 83.2 cm³/mol. The van der Waals surface area contributed by atoms with Crippen LogP contribution in [0.5, 0.6) is 0 Å². The van der Waals surface area contributed by atoms with E-state index in [0.717, 1.165) is 48.0 Å². The van der Waals surface area contributed by atoms with E-state index in [-0.39, 0.29) is 11.4 Å². The standard InChI is InChI=1S/C13H21N3O2S2/c1-3-6-14-12-10(15-16-20-12)8-19-9-13(4-5-13)7-11(17)18-2/h14H,3-9H2,1-2H3. The second-order valence-electron chi connectivity index (χ2n) is 5.22. The van der Waals surface area contributed by atoms with Crippen molar-refractivity contribution in [2.45, 2.75) is 38.4 Å². The summed E-state index contributed by atoms with van der Waals surface area (Å²) >= 11 is 3.25. The molecule has 112 valence electrons. The number of rotatable bonds is 9. The lowest BCUT2D eigenvalue weighted by atomic mass is 10.1. The molecule has 0 aromatic carbocycles. The molecule has 20 heavy (non-hydrogen) atoms. The van der Waals surface area contributed by atoms with E-state index >= 15 is 0 Å². The molecule has 1 aromatic heterocycles. The van der Waals surface area contributed by atoms with E-state index in [2.05, 4.69) is 21.8 Å². The Morgan fingerprint density at radius 2 is 2.35 bits per heavy atom. The first kappa shape index (κ1) is 15.6. The summed E-state index contributed by atoms with van der Waals surface area (Å²) < 4.78 is 8.77. The van der Waals surface area contributed by atoms with Crippen molar-refractivity contribution in [2.24, 2.45) is 5.41 Å². The largest absolute Gasteiger partial charge is 0.469 e. The van der Waals surface area contributed by atoms with Crippen molar-refractivity contribution in [3.05, 3.63) is 5.69 Å². The number of esters is 1. The van der Waals surface area contributed by atoms with Gasteiger partial charge in [0.1, 0.15) is 10.7 Å². The lowest BCUT2D eigenvalue weighted by Crippen LogP contribution is -2.13. The third-order valence-electron chi connectivity index (χ3n) is 3.44. The van der Waals surface area contributed by atoms with Gasteiger partial charge in [-0.2, -0.15) is 11.8 Å². The summed E-state index contributed by atoms with van der Waals surface area (Å²) in [5.74, 6) is 1.75. The van der Waals surface area contributed by atoms with Gasteiger partial charge in [-0.15, -0.1) is 5.10 Å². The number of anilines is 1. The van der Waals surface area contributed by atoms with Crippen molar-refractivity contribution in [3.8, 4) is 0 Å². The van der Waals surface area contributed by atoms with Crippen molar-refractivity contribution in [3.63, 3.8) is 0 Å². The van der Waals surface area contributed by atoms with Crippen LogP contribution in [0.15, 0.2) is 0 Å². The lowest BCUT2D eigenvalue weighted by molar-refractivity contribution is -0.141. The molecule has 1 saturated carbocycles. The minimum absolute atomic E-state index is 0.0938. The zero-order chi connectivity index (χ0) is 14.4. The fourth-order valence-electron chi connectivity index (χ4n) is 1.97. The number of nitrogens with one attached hydrogen (secondary N) is 1. The Bertz CT molecular complexity index is 447. The first-order valence-corrected chi connectivity index (χ1v) is 8.81. The maximum atomic E-state index is 11.4. The Kier molecular flexibility index (Phi) is 5.65. The molecule has 0 radical (unpaired) electrons. The van der Waals surface area contributed by atoms with Crippen molar-refractivity contribution in [2.75, 3.05) is 24.7 Å². The number of hydrogen-bond acceptors (Lipinski definition) is 7. The quantitative estimate of drug-likeness (QED) is 0.707. The van der Waals surface area contributed by atoms with E-state index < -0.39 is 0 Å². The molecular formula is C13H21N3O2S2. The first-order chi connectivity index (χ1) is 9.69. The summed E-state index contributed by atoms with van der Waals surface area (Å²) in [7, 11) is 1.46. The Morgan fingerprint density at radius 1 is 1.55 bits per heavy atom. The van der Waals surface area contributed by atoms with Crippen LogP contribution in [0.1, 0.15) is 38.3 Å². The molecule has 0 amide bonds. The Hall–Kier alpha value is -0.820. The molecule has 1 N–H and O–H groups in total. The van der Waals surface area contributed by atoms with Crippen LogP contribution in [-0.4, -0.2) is 35.0 Å². The first-order valence-electron chi connectivity index (χ1n) is 6.89. The highest BCUT2D eigenvalue weighted by Gasteiger charge is 2.44. The number of aromatic nitrogens is 2. The summed E-state index contributed by atoms with van der Waals surface area (Å²) in [6, 6.07) is 0. The molecule has 0 spiro atoms. The molecule has 0 aliphatic heterocycles. The molecule has 2 rings (SSSR count). The van der Waals surface area contributed by atoms with Gasteiger partial charge in [-0.1, -0.05) is 11.4 Å². The summed E-state index contributed by atoms with van der Waals surface area (Å²) in [5, 5.41) is 8.61. The van der Waals surface area contributed by atoms with E-state index in [1.165, 1.54) is 18.6 Å². The molecule has 7 heteroatoms. The topological polar surface area (TPSA) is 64.1 Å². The molecule has 5 nitrogen and oxygen atoms in total. The Balaban J connectivity index is 1.76. The van der Waals surface area contributed by atoms with Gasteiger partial charge in [0.05, 0.1) is 13.5 Å². The van der Waals surface area contributed by atoms with Gasteiger partial charge in [-0.05, 0) is 30.4 Å². The predicted octanol–water partition coefficient (Wildman–Crippen LogP) is 2.94. The van der Waals surface area contributed by atoms with E-state index in [9.17, 15) is 4.79 Å².